The molecular weight excluding hydrogens is 232 g/mol. The lowest BCUT2D eigenvalue weighted by Gasteiger charge is -2.34. The summed E-state index contributed by atoms with van der Waals surface area (Å²) in [6.07, 6.45) is 7.00. The Balaban J connectivity index is 1.57. The van der Waals surface area contributed by atoms with Crippen molar-refractivity contribution in [3.8, 4) is 0 Å². The third-order valence-corrected chi connectivity index (χ3v) is 5.30. The van der Waals surface area contributed by atoms with Crippen LogP contribution in [0.5, 0.6) is 0 Å². The van der Waals surface area contributed by atoms with Gasteiger partial charge in [0.05, 0.1) is 12.2 Å². The second kappa shape index (κ2) is 3.69. The second-order valence-corrected chi connectivity index (χ2v) is 6.80. The number of hydrogen-bond acceptors (Lipinski definition) is 4. The molecule has 1 N–H and O–H groups in total. The zero-order chi connectivity index (χ0) is 12.4. The highest BCUT2D eigenvalue weighted by atomic mass is 16.8. The fraction of sp³-hybridized carbons (Fsp3) is 1.00. The highest BCUT2D eigenvalue weighted by Crippen LogP contribution is 2.54. The van der Waals surface area contributed by atoms with Crippen LogP contribution < -0.4 is 0 Å². The van der Waals surface area contributed by atoms with Crippen molar-refractivity contribution < 1.29 is 19.3 Å². The van der Waals surface area contributed by atoms with E-state index in [9.17, 15) is 5.11 Å². The minimum Gasteiger partial charge on any atom is -0.367 e. The lowest BCUT2D eigenvalue weighted by atomic mass is 9.74. The van der Waals surface area contributed by atoms with E-state index in [1.807, 2.05) is 0 Å². The summed E-state index contributed by atoms with van der Waals surface area (Å²) in [5.74, 6) is -0.331. The molecule has 2 heterocycles. The Morgan fingerprint density at radius 3 is 2.50 bits per heavy atom. The van der Waals surface area contributed by atoms with Gasteiger partial charge in [0.1, 0.15) is 6.10 Å². The van der Waals surface area contributed by atoms with Crippen LogP contribution >= 0.6 is 0 Å². The molecule has 0 aromatic heterocycles. The van der Waals surface area contributed by atoms with Gasteiger partial charge in [0, 0.05) is 18.3 Å². The van der Waals surface area contributed by atoms with Crippen molar-refractivity contribution in [2.24, 2.45) is 5.41 Å². The number of ether oxygens (including phenoxy) is 3. The third kappa shape index (κ3) is 1.52. The monoisotopic (exact) mass is 254 g/mol. The van der Waals surface area contributed by atoms with E-state index in [-0.39, 0.29) is 29.5 Å². The van der Waals surface area contributed by atoms with E-state index in [0.29, 0.717) is 0 Å². The Morgan fingerprint density at radius 2 is 1.72 bits per heavy atom. The molecule has 2 saturated heterocycles. The number of hydrogen-bond donors (Lipinski definition) is 1. The predicted octanol–water partition coefficient (Wildman–Crippen LogP) is 1.95. The predicted molar refractivity (Wildman–Crippen MR) is 63.8 cm³/mol. The molecule has 2 bridgehead atoms. The molecule has 0 aromatic carbocycles. The number of aliphatic hydroxyl groups excluding tert-OH is 1. The first-order chi connectivity index (χ1) is 8.60. The molecule has 2 aliphatic heterocycles. The van der Waals surface area contributed by atoms with Crippen molar-refractivity contribution in [3.05, 3.63) is 0 Å². The lowest BCUT2D eigenvalue weighted by Crippen LogP contribution is -2.42. The quantitative estimate of drug-likeness (QED) is 0.718. The van der Waals surface area contributed by atoms with Crippen LogP contribution in [0.4, 0.5) is 0 Å². The third-order valence-electron chi connectivity index (χ3n) is 5.30. The molecule has 2 aliphatic carbocycles. The average molecular weight is 254 g/mol. The molecule has 4 rings (SSSR count). The van der Waals surface area contributed by atoms with Gasteiger partial charge in [0.15, 0.2) is 12.1 Å². The van der Waals surface area contributed by atoms with E-state index in [0.717, 1.165) is 25.7 Å². The minimum absolute atomic E-state index is 0.0186. The van der Waals surface area contributed by atoms with Crippen LogP contribution in [-0.2, 0) is 14.2 Å². The molecule has 102 valence electrons. The summed E-state index contributed by atoms with van der Waals surface area (Å²) < 4.78 is 18.2. The van der Waals surface area contributed by atoms with Crippen LogP contribution in [0.1, 0.15) is 51.9 Å². The fourth-order valence-corrected chi connectivity index (χ4v) is 4.27. The molecule has 1 spiro atoms. The fourth-order valence-electron chi connectivity index (χ4n) is 4.27. The molecule has 4 aliphatic rings. The van der Waals surface area contributed by atoms with E-state index < -0.39 is 6.29 Å². The number of fused-ring (bicyclic) bond motifs is 4. The molecule has 4 fully saturated rings. The Morgan fingerprint density at radius 1 is 1.00 bits per heavy atom. The molecule has 0 radical (unpaired) electrons. The lowest BCUT2D eigenvalue weighted by molar-refractivity contribution is -0.214. The summed E-state index contributed by atoms with van der Waals surface area (Å²) in [4.78, 5) is 0. The Bertz CT molecular complexity index is 352. The van der Waals surface area contributed by atoms with Gasteiger partial charge >= 0.3 is 0 Å². The summed E-state index contributed by atoms with van der Waals surface area (Å²) in [6.45, 7) is 2.10. The maximum Gasteiger partial charge on any atom is 0.169 e. The first kappa shape index (κ1) is 11.6. The minimum atomic E-state index is -0.650. The zero-order valence-electron chi connectivity index (χ0n) is 10.9. The molecule has 0 aromatic rings. The van der Waals surface area contributed by atoms with Crippen molar-refractivity contribution in [1.82, 2.24) is 0 Å². The summed E-state index contributed by atoms with van der Waals surface area (Å²) in [5, 5.41) is 9.98. The summed E-state index contributed by atoms with van der Waals surface area (Å²) in [6, 6.07) is 0. The molecule has 2 saturated carbocycles. The maximum atomic E-state index is 9.98. The Labute approximate surface area is 108 Å². The molecule has 0 amide bonds. The molecular formula is C14H22O4. The van der Waals surface area contributed by atoms with Crippen LogP contribution in [0.2, 0.25) is 0 Å². The van der Waals surface area contributed by atoms with E-state index in [2.05, 4.69) is 6.92 Å². The van der Waals surface area contributed by atoms with Crippen molar-refractivity contribution in [2.45, 2.75) is 82.3 Å². The second-order valence-electron chi connectivity index (χ2n) is 6.80. The molecule has 4 heteroatoms. The standard InChI is InChI=1S/C14H22O4/c1-13-7-9(16-12(13)15)11-10(8-13)17-14(18-11)5-3-2-4-6-14/h9-12,15H,2-8H2,1H3/t9-,10-,11?,12?,13+/m1/s1. The van der Waals surface area contributed by atoms with Crippen LogP contribution in [0.3, 0.4) is 0 Å². The van der Waals surface area contributed by atoms with Crippen LogP contribution in [0.15, 0.2) is 0 Å². The van der Waals surface area contributed by atoms with E-state index in [4.69, 9.17) is 14.2 Å². The van der Waals surface area contributed by atoms with Crippen LogP contribution in [-0.4, -0.2) is 35.5 Å². The molecule has 18 heavy (non-hydrogen) atoms. The van der Waals surface area contributed by atoms with Crippen molar-refractivity contribution in [2.75, 3.05) is 0 Å². The summed E-state index contributed by atoms with van der Waals surface area (Å²) >= 11 is 0. The van der Waals surface area contributed by atoms with Crippen LogP contribution in [0, 0.1) is 5.41 Å². The normalized spacial score (nSPS) is 53.7. The van der Waals surface area contributed by atoms with Gasteiger partial charge in [-0.3, -0.25) is 0 Å². The summed E-state index contributed by atoms with van der Waals surface area (Å²) in [5.41, 5.74) is -0.143. The Kier molecular flexibility index (Phi) is 2.39. The van der Waals surface area contributed by atoms with Crippen molar-refractivity contribution in [1.29, 1.82) is 0 Å². The van der Waals surface area contributed by atoms with E-state index in [1.165, 1.54) is 19.3 Å². The van der Waals surface area contributed by atoms with Gasteiger partial charge in [0.25, 0.3) is 0 Å². The van der Waals surface area contributed by atoms with Gasteiger partial charge in [-0.15, -0.1) is 0 Å². The topological polar surface area (TPSA) is 47.9 Å². The van der Waals surface area contributed by atoms with Crippen molar-refractivity contribution in [3.63, 3.8) is 0 Å². The molecule has 2 unspecified atom stereocenters. The smallest absolute Gasteiger partial charge is 0.169 e. The van der Waals surface area contributed by atoms with Gasteiger partial charge in [-0.2, -0.15) is 0 Å². The van der Waals surface area contributed by atoms with Gasteiger partial charge in [0.2, 0.25) is 0 Å². The maximum absolute atomic E-state index is 9.98. The van der Waals surface area contributed by atoms with Gasteiger partial charge in [-0.05, 0) is 25.7 Å². The van der Waals surface area contributed by atoms with Gasteiger partial charge in [-0.1, -0.05) is 13.3 Å². The highest BCUT2D eigenvalue weighted by molar-refractivity contribution is 5.05. The van der Waals surface area contributed by atoms with Crippen LogP contribution in [0.25, 0.3) is 0 Å². The van der Waals surface area contributed by atoms with E-state index in [1.54, 1.807) is 0 Å². The molecule has 4 nitrogen and oxygen atoms in total. The highest BCUT2D eigenvalue weighted by Gasteiger charge is 2.61. The van der Waals surface area contributed by atoms with Gasteiger partial charge in [-0.25, -0.2) is 0 Å². The first-order valence-electron chi connectivity index (χ1n) is 7.30. The number of aliphatic hydroxyl groups is 1. The average Bonchev–Trinajstić information content (AvgIpc) is 2.79. The summed E-state index contributed by atoms with van der Waals surface area (Å²) in [7, 11) is 0. The number of rotatable bonds is 0. The van der Waals surface area contributed by atoms with E-state index >= 15 is 0 Å². The van der Waals surface area contributed by atoms with Gasteiger partial charge < -0.3 is 19.3 Å². The Hall–Kier alpha value is -0.160. The zero-order valence-corrected chi connectivity index (χ0v) is 10.9. The SMILES string of the molecule is C[C@@]12C[C@@H](OC1O)C1OC3(CCCCC3)O[C@@H]1C2. The first-order valence-corrected chi connectivity index (χ1v) is 7.30. The largest absolute Gasteiger partial charge is 0.367 e. The van der Waals surface area contributed by atoms with Crippen molar-refractivity contribution >= 4 is 0 Å². The molecule has 5 atom stereocenters.